The maximum Gasteiger partial charge on any atom is 0.306 e. The largest absolute Gasteiger partial charge is 0.481 e. The lowest BCUT2D eigenvalue weighted by molar-refractivity contribution is -0.143. The summed E-state index contributed by atoms with van der Waals surface area (Å²) in [7, 11) is -3.06. The Bertz CT molecular complexity index is 473. The van der Waals surface area contributed by atoms with E-state index in [9.17, 15) is 18.0 Å². The SMILES string of the molecule is O=C(NCC1CCCC1C(=O)O)C1CCS(=O)(=O)C1. The number of amides is 1. The highest BCUT2D eigenvalue weighted by Gasteiger charge is 2.35. The topological polar surface area (TPSA) is 101 Å². The van der Waals surface area contributed by atoms with Crippen LogP contribution in [0.2, 0.25) is 0 Å². The molecule has 2 N–H and O–H groups in total. The van der Waals surface area contributed by atoms with Gasteiger partial charge in [0.05, 0.1) is 23.3 Å². The molecule has 1 saturated heterocycles. The molecule has 7 heteroatoms. The Hall–Kier alpha value is -1.11. The number of sulfone groups is 1. The second-order valence-electron chi connectivity index (χ2n) is 5.48. The minimum atomic E-state index is -3.06. The summed E-state index contributed by atoms with van der Waals surface area (Å²) >= 11 is 0. The van der Waals surface area contributed by atoms with E-state index in [1.807, 2.05) is 0 Å². The van der Waals surface area contributed by atoms with Crippen LogP contribution in [0.25, 0.3) is 0 Å². The smallest absolute Gasteiger partial charge is 0.306 e. The van der Waals surface area contributed by atoms with E-state index in [1.165, 1.54) is 0 Å². The van der Waals surface area contributed by atoms with E-state index in [-0.39, 0.29) is 29.2 Å². The van der Waals surface area contributed by atoms with Gasteiger partial charge in [-0.2, -0.15) is 0 Å². The number of carboxylic acids is 1. The Morgan fingerprint density at radius 1 is 1.21 bits per heavy atom. The minimum absolute atomic E-state index is 0.0283. The zero-order valence-electron chi connectivity index (χ0n) is 10.7. The van der Waals surface area contributed by atoms with Crippen LogP contribution in [0, 0.1) is 17.8 Å². The Balaban J connectivity index is 1.82. The van der Waals surface area contributed by atoms with Crippen molar-refractivity contribution in [2.24, 2.45) is 17.8 Å². The van der Waals surface area contributed by atoms with Crippen molar-refractivity contribution in [3.8, 4) is 0 Å². The zero-order chi connectivity index (χ0) is 14.0. The molecule has 1 heterocycles. The molecule has 0 bridgehead atoms. The quantitative estimate of drug-likeness (QED) is 0.761. The van der Waals surface area contributed by atoms with Crippen molar-refractivity contribution in [3.63, 3.8) is 0 Å². The number of hydrogen-bond donors (Lipinski definition) is 2. The minimum Gasteiger partial charge on any atom is -0.481 e. The van der Waals surface area contributed by atoms with Gasteiger partial charge in [0.2, 0.25) is 5.91 Å². The molecule has 1 saturated carbocycles. The van der Waals surface area contributed by atoms with Gasteiger partial charge in [0.25, 0.3) is 0 Å². The van der Waals surface area contributed by atoms with E-state index in [1.54, 1.807) is 0 Å². The van der Waals surface area contributed by atoms with E-state index in [0.717, 1.165) is 12.8 Å². The summed E-state index contributed by atoms with van der Waals surface area (Å²) in [6.07, 6.45) is 2.71. The molecular formula is C12H19NO5S. The van der Waals surface area contributed by atoms with Crippen LogP contribution in [-0.4, -0.2) is 43.5 Å². The van der Waals surface area contributed by atoms with Crippen LogP contribution in [0.4, 0.5) is 0 Å². The van der Waals surface area contributed by atoms with Crippen LogP contribution < -0.4 is 5.32 Å². The number of carbonyl (C=O) groups excluding carboxylic acids is 1. The lowest BCUT2D eigenvalue weighted by Crippen LogP contribution is -2.37. The fourth-order valence-corrected chi connectivity index (χ4v) is 4.73. The molecule has 0 spiro atoms. The third kappa shape index (κ3) is 3.46. The van der Waals surface area contributed by atoms with Crippen LogP contribution in [0.5, 0.6) is 0 Å². The summed E-state index contributed by atoms with van der Waals surface area (Å²) in [5.41, 5.74) is 0. The highest BCUT2D eigenvalue weighted by atomic mass is 32.2. The van der Waals surface area contributed by atoms with E-state index >= 15 is 0 Å². The highest BCUT2D eigenvalue weighted by molar-refractivity contribution is 7.91. The van der Waals surface area contributed by atoms with Gasteiger partial charge in [-0.05, 0) is 25.2 Å². The van der Waals surface area contributed by atoms with Crippen LogP contribution in [0.1, 0.15) is 25.7 Å². The van der Waals surface area contributed by atoms with Crippen LogP contribution in [-0.2, 0) is 19.4 Å². The second-order valence-corrected chi connectivity index (χ2v) is 7.71. The van der Waals surface area contributed by atoms with E-state index in [4.69, 9.17) is 5.11 Å². The van der Waals surface area contributed by atoms with Gasteiger partial charge in [-0.15, -0.1) is 0 Å². The molecule has 0 aromatic carbocycles. The van der Waals surface area contributed by atoms with Crippen molar-refractivity contribution < 1.29 is 23.1 Å². The standard InChI is InChI=1S/C12H19NO5S/c14-11(9-4-5-19(17,18)7-9)13-6-8-2-1-3-10(8)12(15)16/h8-10H,1-7H2,(H,13,14)(H,15,16). The molecule has 1 aliphatic carbocycles. The summed E-state index contributed by atoms with van der Waals surface area (Å²) in [6.45, 7) is 0.340. The molecule has 0 aromatic rings. The number of hydrogen-bond acceptors (Lipinski definition) is 4. The zero-order valence-corrected chi connectivity index (χ0v) is 11.5. The predicted molar refractivity (Wildman–Crippen MR) is 68.2 cm³/mol. The third-order valence-corrected chi connectivity index (χ3v) is 5.89. The van der Waals surface area contributed by atoms with E-state index in [2.05, 4.69) is 5.32 Å². The van der Waals surface area contributed by atoms with Crippen molar-refractivity contribution >= 4 is 21.7 Å². The average molecular weight is 289 g/mol. The van der Waals surface area contributed by atoms with Crippen LogP contribution in [0.3, 0.4) is 0 Å². The van der Waals surface area contributed by atoms with Gasteiger partial charge >= 0.3 is 5.97 Å². The molecule has 2 aliphatic rings. The van der Waals surface area contributed by atoms with Crippen molar-refractivity contribution in [1.82, 2.24) is 5.32 Å². The molecule has 3 atom stereocenters. The summed E-state index contributed by atoms with van der Waals surface area (Å²) in [6, 6.07) is 0. The monoisotopic (exact) mass is 289 g/mol. The first-order chi connectivity index (χ1) is 8.89. The van der Waals surface area contributed by atoms with Crippen molar-refractivity contribution in [2.75, 3.05) is 18.1 Å². The number of rotatable bonds is 4. The van der Waals surface area contributed by atoms with Crippen LogP contribution in [0.15, 0.2) is 0 Å². The second kappa shape index (κ2) is 5.48. The van der Waals surface area contributed by atoms with Crippen LogP contribution >= 0.6 is 0 Å². The van der Waals surface area contributed by atoms with Gasteiger partial charge in [0.1, 0.15) is 0 Å². The van der Waals surface area contributed by atoms with Crippen molar-refractivity contribution in [1.29, 1.82) is 0 Å². The normalized spacial score (nSPS) is 33.2. The molecule has 6 nitrogen and oxygen atoms in total. The van der Waals surface area contributed by atoms with Gasteiger partial charge in [-0.3, -0.25) is 9.59 Å². The fraction of sp³-hybridized carbons (Fsp3) is 0.833. The summed E-state index contributed by atoms with van der Waals surface area (Å²) in [5, 5.41) is 11.8. The first kappa shape index (κ1) is 14.3. The Morgan fingerprint density at radius 2 is 1.95 bits per heavy atom. The van der Waals surface area contributed by atoms with E-state index in [0.29, 0.717) is 19.4 Å². The molecule has 3 unspecified atom stereocenters. The lowest BCUT2D eigenvalue weighted by Gasteiger charge is -2.17. The average Bonchev–Trinajstić information content (AvgIpc) is 2.92. The van der Waals surface area contributed by atoms with Gasteiger partial charge in [0, 0.05) is 6.54 Å². The lowest BCUT2D eigenvalue weighted by atomic mass is 9.96. The van der Waals surface area contributed by atoms with Gasteiger partial charge in [-0.25, -0.2) is 8.42 Å². The Morgan fingerprint density at radius 3 is 2.53 bits per heavy atom. The van der Waals surface area contributed by atoms with Gasteiger partial charge in [0.15, 0.2) is 9.84 Å². The van der Waals surface area contributed by atoms with Crippen molar-refractivity contribution in [2.45, 2.75) is 25.7 Å². The molecule has 2 rings (SSSR count). The third-order valence-electron chi connectivity index (χ3n) is 4.12. The maximum atomic E-state index is 11.8. The molecule has 0 radical (unpaired) electrons. The molecule has 2 fully saturated rings. The maximum absolute atomic E-state index is 11.8. The first-order valence-electron chi connectivity index (χ1n) is 6.60. The molecule has 108 valence electrons. The summed E-state index contributed by atoms with van der Waals surface area (Å²) in [4.78, 5) is 22.8. The number of nitrogens with one attached hydrogen (secondary N) is 1. The Kier molecular flexibility index (Phi) is 4.13. The van der Waals surface area contributed by atoms with Crippen molar-refractivity contribution in [3.05, 3.63) is 0 Å². The summed E-state index contributed by atoms with van der Waals surface area (Å²) in [5.74, 6) is -1.93. The molecule has 19 heavy (non-hydrogen) atoms. The molecular weight excluding hydrogens is 270 g/mol. The van der Waals surface area contributed by atoms with E-state index < -0.39 is 21.7 Å². The Labute approximate surface area is 112 Å². The predicted octanol–water partition coefficient (Wildman–Crippen LogP) is 0.0382. The number of carbonyl (C=O) groups is 2. The van der Waals surface area contributed by atoms with Gasteiger partial charge in [-0.1, -0.05) is 6.42 Å². The molecule has 1 aliphatic heterocycles. The highest BCUT2D eigenvalue weighted by Crippen LogP contribution is 2.31. The summed E-state index contributed by atoms with van der Waals surface area (Å²) < 4.78 is 22.6. The number of carboxylic acid groups (broad SMARTS) is 1. The molecule has 1 amide bonds. The fourth-order valence-electron chi connectivity index (χ4n) is 2.98. The number of aliphatic carboxylic acids is 1. The molecule has 0 aromatic heterocycles. The first-order valence-corrected chi connectivity index (χ1v) is 8.42. The van der Waals surface area contributed by atoms with Gasteiger partial charge < -0.3 is 10.4 Å².